The van der Waals surface area contributed by atoms with Gasteiger partial charge in [0.2, 0.25) is 0 Å². The Bertz CT molecular complexity index is 642. The number of hydrogen-bond acceptors (Lipinski definition) is 4. The van der Waals surface area contributed by atoms with E-state index in [9.17, 15) is 4.79 Å². The number of anilines is 2. The molecule has 0 atom stereocenters. The molecule has 0 spiro atoms. The standard InChI is InChI=1S/C20H24N2O2/c1-4-19(20(23)24-5-2)16(3)21-22(17-12-8-6-9-13-17)18-14-10-7-11-15-18/h6-15,21H,4-5H2,1-3H3/b19-16+. The van der Waals surface area contributed by atoms with Crippen LogP contribution >= 0.6 is 0 Å². The molecular formula is C20H24N2O2. The van der Waals surface area contributed by atoms with Crippen molar-refractivity contribution < 1.29 is 9.53 Å². The van der Waals surface area contributed by atoms with E-state index in [1.54, 1.807) is 0 Å². The van der Waals surface area contributed by atoms with E-state index in [2.05, 4.69) is 5.43 Å². The lowest BCUT2D eigenvalue weighted by Gasteiger charge is -2.28. The fourth-order valence-electron chi connectivity index (χ4n) is 2.45. The molecule has 0 aliphatic heterocycles. The number of carbonyl (C=O) groups excluding carboxylic acids is 1. The molecule has 4 heteroatoms. The topological polar surface area (TPSA) is 41.6 Å². The second-order valence-corrected chi connectivity index (χ2v) is 5.30. The summed E-state index contributed by atoms with van der Waals surface area (Å²) in [7, 11) is 0. The summed E-state index contributed by atoms with van der Waals surface area (Å²) in [6.45, 7) is 6.03. The number of esters is 1. The molecule has 4 nitrogen and oxygen atoms in total. The Balaban J connectivity index is 2.37. The van der Waals surface area contributed by atoms with Crippen LogP contribution in [0.4, 0.5) is 11.4 Å². The van der Waals surface area contributed by atoms with Gasteiger partial charge in [-0.1, -0.05) is 43.3 Å². The number of nitrogens with zero attached hydrogens (tertiary/aromatic N) is 1. The summed E-state index contributed by atoms with van der Waals surface area (Å²) in [5.74, 6) is -0.272. The van der Waals surface area contributed by atoms with E-state index in [1.807, 2.05) is 86.4 Å². The zero-order valence-corrected chi connectivity index (χ0v) is 14.5. The minimum atomic E-state index is -0.272. The van der Waals surface area contributed by atoms with Crippen molar-refractivity contribution in [3.8, 4) is 0 Å². The van der Waals surface area contributed by atoms with Gasteiger partial charge in [0.25, 0.3) is 0 Å². The number of allylic oxidation sites excluding steroid dienone is 1. The number of carbonyl (C=O) groups is 1. The van der Waals surface area contributed by atoms with Gasteiger partial charge in [-0.05, 0) is 44.5 Å². The summed E-state index contributed by atoms with van der Waals surface area (Å²) in [5.41, 5.74) is 6.76. The largest absolute Gasteiger partial charge is 0.463 e. The monoisotopic (exact) mass is 324 g/mol. The number of hydrogen-bond donors (Lipinski definition) is 1. The number of benzene rings is 2. The van der Waals surface area contributed by atoms with Crippen molar-refractivity contribution in [2.75, 3.05) is 11.6 Å². The van der Waals surface area contributed by atoms with Crippen LogP contribution in [0.25, 0.3) is 0 Å². The molecule has 0 saturated heterocycles. The molecule has 126 valence electrons. The summed E-state index contributed by atoms with van der Waals surface area (Å²) in [6, 6.07) is 20.0. The summed E-state index contributed by atoms with van der Waals surface area (Å²) in [4.78, 5) is 12.1. The highest BCUT2D eigenvalue weighted by Gasteiger charge is 2.15. The van der Waals surface area contributed by atoms with Gasteiger partial charge < -0.3 is 4.74 Å². The molecule has 0 saturated carbocycles. The highest BCUT2D eigenvalue weighted by molar-refractivity contribution is 5.89. The molecule has 0 heterocycles. The van der Waals surface area contributed by atoms with Crippen molar-refractivity contribution in [1.29, 1.82) is 0 Å². The van der Waals surface area contributed by atoms with Crippen molar-refractivity contribution in [2.45, 2.75) is 27.2 Å². The lowest BCUT2D eigenvalue weighted by Crippen LogP contribution is -2.33. The Hall–Kier alpha value is -2.75. The molecule has 0 bridgehead atoms. The minimum absolute atomic E-state index is 0.272. The quantitative estimate of drug-likeness (QED) is 0.460. The van der Waals surface area contributed by atoms with Crippen LogP contribution in [0.2, 0.25) is 0 Å². The number of ether oxygens (including phenoxy) is 1. The van der Waals surface area contributed by atoms with E-state index in [4.69, 9.17) is 4.74 Å². The van der Waals surface area contributed by atoms with Crippen LogP contribution in [-0.2, 0) is 9.53 Å². The molecule has 0 amide bonds. The summed E-state index contributed by atoms with van der Waals surface area (Å²) in [6.07, 6.45) is 0.606. The zero-order valence-electron chi connectivity index (χ0n) is 14.5. The Morgan fingerprint density at radius 3 is 1.88 bits per heavy atom. The summed E-state index contributed by atoms with van der Waals surface area (Å²) in [5, 5.41) is 1.96. The molecule has 0 unspecified atom stereocenters. The van der Waals surface area contributed by atoms with Crippen LogP contribution in [-0.4, -0.2) is 12.6 Å². The zero-order chi connectivity index (χ0) is 17.4. The number of nitrogens with one attached hydrogen (secondary N) is 1. The van der Waals surface area contributed by atoms with Crippen molar-refractivity contribution in [1.82, 2.24) is 5.43 Å². The van der Waals surface area contributed by atoms with Gasteiger partial charge in [-0.25, -0.2) is 4.79 Å². The van der Waals surface area contributed by atoms with Gasteiger partial charge in [-0.15, -0.1) is 0 Å². The SMILES string of the molecule is CCOC(=O)/C(CC)=C(\C)NN(c1ccccc1)c1ccccc1. The third-order valence-corrected chi connectivity index (χ3v) is 3.64. The first-order chi connectivity index (χ1) is 11.7. The predicted molar refractivity (Wildman–Crippen MR) is 97.8 cm³/mol. The number of hydrazine groups is 1. The van der Waals surface area contributed by atoms with Crippen molar-refractivity contribution >= 4 is 17.3 Å². The van der Waals surface area contributed by atoms with E-state index in [1.165, 1.54) is 0 Å². The van der Waals surface area contributed by atoms with Crippen LogP contribution in [0.5, 0.6) is 0 Å². The van der Waals surface area contributed by atoms with Gasteiger partial charge in [-0.3, -0.25) is 10.4 Å². The van der Waals surface area contributed by atoms with Gasteiger partial charge in [0.05, 0.1) is 23.6 Å². The normalized spacial score (nSPS) is 11.5. The van der Waals surface area contributed by atoms with Crippen LogP contribution in [0.1, 0.15) is 27.2 Å². The second-order valence-electron chi connectivity index (χ2n) is 5.30. The molecule has 2 aromatic rings. The molecule has 0 fully saturated rings. The molecule has 0 radical (unpaired) electrons. The first-order valence-electron chi connectivity index (χ1n) is 8.21. The number of rotatable bonds is 7. The van der Waals surface area contributed by atoms with Crippen LogP contribution in [0.3, 0.4) is 0 Å². The maximum absolute atomic E-state index is 12.1. The van der Waals surface area contributed by atoms with Gasteiger partial charge >= 0.3 is 5.97 Å². The van der Waals surface area contributed by atoms with Crippen LogP contribution in [0, 0.1) is 0 Å². The lowest BCUT2D eigenvalue weighted by atomic mass is 10.1. The maximum Gasteiger partial charge on any atom is 0.335 e. The van der Waals surface area contributed by atoms with Gasteiger partial charge in [0.15, 0.2) is 0 Å². The summed E-state index contributed by atoms with van der Waals surface area (Å²) >= 11 is 0. The average molecular weight is 324 g/mol. The van der Waals surface area contributed by atoms with E-state index in [0.717, 1.165) is 17.1 Å². The highest BCUT2D eigenvalue weighted by Crippen LogP contribution is 2.24. The van der Waals surface area contributed by atoms with Gasteiger partial charge in [0, 0.05) is 5.70 Å². The molecular weight excluding hydrogens is 300 g/mol. The van der Waals surface area contributed by atoms with E-state index in [-0.39, 0.29) is 5.97 Å². The average Bonchev–Trinajstić information content (AvgIpc) is 2.62. The molecule has 0 aliphatic carbocycles. The van der Waals surface area contributed by atoms with Crippen molar-refractivity contribution in [2.24, 2.45) is 0 Å². The van der Waals surface area contributed by atoms with E-state index in [0.29, 0.717) is 18.6 Å². The Morgan fingerprint density at radius 1 is 0.958 bits per heavy atom. The van der Waals surface area contributed by atoms with E-state index < -0.39 is 0 Å². The maximum atomic E-state index is 12.1. The van der Waals surface area contributed by atoms with Crippen molar-refractivity contribution in [3.63, 3.8) is 0 Å². The molecule has 0 aromatic heterocycles. The predicted octanol–water partition coefficient (Wildman–Crippen LogP) is 4.58. The number of para-hydroxylation sites is 2. The van der Waals surface area contributed by atoms with Crippen molar-refractivity contribution in [3.05, 3.63) is 71.9 Å². The fraction of sp³-hybridized carbons (Fsp3) is 0.250. The first-order valence-corrected chi connectivity index (χ1v) is 8.21. The Morgan fingerprint density at radius 2 is 1.46 bits per heavy atom. The van der Waals surface area contributed by atoms with Gasteiger partial charge in [-0.2, -0.15) is 0 Å². The highest BCUT2D eigenvalue weighted by atomic mass is 16.5. The molecule has 2 rings (SSSR count). The molecule has 0 aliphatic rings. The van der Waals surface area contributed by atoms with Gasteiger partial charge in [0.1, 0.15) is 0 Å². The minimum Gasteiger partial charge on any atom is -0.463 e. The molecule has 2 aromatic carbocycles. The Kier molecular flexibility index (Phi) is 6.43. The van der Waals surface area contributed by atoms with Crippen LogP contribution < -0.4 is 10.4 Å². The molecule has 1 N–H and O–H groups in total. The fourth-order valence-corrected chi connectivity index (χ4v) is 2.45. The molecule has 24 heavy (non-hydrogen) atoms. The summed E-state index contributed by atoms with van der Waals surface area (Å²) < 4.78 is 5.15. The smallest absolute Gasteiger partial charge is 0.335 e. The second kappa shape index (κ2) is 8.77. The Labute approximate surface area is 143 Å². The van der Waals surface area contributed by atoms with Crippen LogP contribution in [0.15, 0.2) is 71.9 Å². The third kappa shape index (κ3) is 4.38. The first kappa shape index (κ1) is 17.6. The lowest BCUT2D eigenvalue weighted by molar-refractivity contribution is -0.138. The van der Waals surface area contributed by atoms with E-state index >= 15 is 0 Å². The third-order valence-electron chi connectivity index (χ3n) is 3.64.